The summed E-state index contributed by atoms with van der Waals surface area (Å²) in [7, 11) is 1.66. The van der Waals surface area contributed by atoms with Crippen molar-refractivity contribution in [2.45, 2.75) is 13.3 Å². The van der Waals surface area contributed by atoms with Crippen molar-refractivity contribution in [3.8, 4) is 0 Å². The Kier molecular flexibility index (Phi) is 9.43. The number of amides is 2. The highest BCUT2D eigenvalue weighted by molar-refractivity contribution is 8.08. The van der Waals surface area contributed by atoms with E-state index in [-0.39, 0.29) is 27.6 Å². The normalized spacial score (nSPS) is 10.9. The van der Waals surface area contributed by atoms with Crippen LogP contribution in [0.5, 0.6) is 0 Å². The first-order valence-electron chi connectivity index (χ1n) is 9.73. The zero-order valence-electron chi connectivity index (χ0n) is 17.9. The first-order chi connectivity index (χ1) is 15.3. The number of allylic oxidation sites excluding steroid dienone is 1. The second-order valence-corrected chi connectivity index (χ2v) is 8.59. The molecule has 2 aromatic rings. The van der Waals surface area contributed by atoms with E-state index in [1.165, 1.54) is 11.1 Å². The molecule has 0 aliphatic carbocycles. The summed E-state index contributed by atoms with van der Waals surface area (Å²) in [6, 6.07) is 12.2. The molecule has 2 rings (SSSR count). The molecule has 2 N–H and O–H groups in total. The van der Waals surface area contributed by atoms with Gasteiger partial charge in [-0.3, -0.25) is 14.4 Å². The number of carbonyl (C=O) groups excluding carboxylic acids is 3. The number of thioether (sulfide) groups is 1. The standard InChI is InChI=1S/C24H24ClN3O3S/c1-4-22(25)32-16(2)23(30)27-21-7-5-6-19(20(21)15-29)24(31)28(3)13-12-17-8-10-18(14-26)11-9-17/h4-11,14-15,26H,2,12-13H2,1,3H3,(H,27,30)/b22-4-,26-14?. The van der Waals surface area contributed by atoms with Crippen molar-refractivity contribution in [2.75, 3.05) is 18.9 Å². The van der Waals surface area contributed by atoms with Gasteiger partial charge in [-0.25, -0.2) is 0 Å². The van der Waals surface area contributed by atoms with Crippen LogP contribution in [0.2, 0.25) is 0 Å². The average molecular weight is 470 g/mol. The third-order valence-electron chi connectivity index (χ3n) is 4.63. The number of hydrogen-bond acceptors (Lipinski definition) is 5. The van der Waals surface area contributed by atoms with Gasteiger partial charge in [0.1, 0.15) is 0 Å². The van der Waals surface area contributed by atoms with Gasteiger partial charge in [0.15, 0.2) is 6.29 Å². The Balaban J connectivity index is 2.13. The van der Waals surface area contributed by atoms with Gasteiger partial charge in [0.25, 0.3) is 11.8 Å². The van der Waals surface area contributed by atoms with E-state index in [0.717, 1.165) is 22.9 Å². The van der Waals surface area contributed by atoms with Gasteiger partial charge in [0.05, 0.1) is 26.1 Å². The van der Waals surface area contributed by atoms with E-state index in [1.807, 2.05) is 24.3 Å². The van der Waals surface area contributed by atoms with Crippen molar-refractivity contribution in [1.82, 2.24) is 4.90 Å². The summed E-state index contributed by atoms with van der Waals surface area (Å²) >= 11 is 6.93. The molecule has 8 heteroatoms. The van der Waals surface area contributed by atoms with Crippen LogP contribution in [0.3, 0.4) is 0 Å². The van der Waals surface area contributed by atoms with Crippen molar-refractivity contribution in [2.24, 2.45) is 0 Å². The highest BCUT2D eigenvalue weighted by Gasteiger charge is 2.20. The van der Waals surface area contributed by atoms with Crippen molar-refractivity contribution in [3.05, 3.63) is 86.6 Å². The number of nitrogens with one attached hydrogen (secondary N) is 2. The Labute approximate surface area is 196 Å². The van der Waals surface area contributed by atoms with Crippen LogP contribution in [0, 0.1) is 5.41 Å². The minimum atomic E-state index is -0.510. The molecule has 0 radical (unpaired) electrons. The van der Waals surface area contributed by atoms with E-state index in [0.29, 0.717) is 23.6 Å². The number of rotatable bonds is 10. The largest absolute Gasteiger partial charge is 0.341 e. The lowest BCUT2D eigenvalue weighted by Crippen LogP contribution is -2.30. The van der Waals surface area contributed by atoms with Crippen molar-refractivity contribution in [1.29, 1.82) is 5.41 Å². The molecule has 0 saturated carbocycles. The molecule has 0 bridgehead atoms. The van der Waals surface area contributed by atoms with Gasteiger partial charge in [-0.15, -0.1) is 0 Å². The van der Waals surface area contributed by atoms with E-state index in [2.05, 4.69) is 11.9 Å². The SMILES string of the molecule is C=C(S/C(Cl)=C\C)C(=O)Nc1cccc(C(=O)N(C)CCc2ccc(C=N)cc2)c1C=O. The summed E-state index contributed by atoms with van der Waals surface area (Å²) in [5.41, 5.74) is 2.36. The van der Waals surface area contributed by atoms with Gasteiger partial charge in [-0.05, 0) is 36.6 Å². The third-order valence-corrected chi connectivity index (χ3v) is 5.94. The number of nitrogens with zero attached hydrogens (tertiary/aromatic N) is 1. The molecule has 6 nitrogen and oxygen atoms in total. The molecule has 0 heterocycles. The Morgan fingerprint density at radius 3 is 2.50 bits per heavy atom. The average Bonchev–Trinajstić information content (AvgIpc) is 2.81. The predicted molar refractivity (Wildman–Crippen MR) is 132 cm³/mol. The van der Waals surface area contributed by atoms with Crippen LogP contribution in [-0.4, -0.2) is 42.8 Å². The molecular weight excluding hydrogens is 446 g/mol. The predicted octanol–water partition coefficient (Wildman–Crippen LogP) is 5.10. The summed E-state index contributed by atoms with van der Waals surface area (Å²) in [6.07, 6.45) is 4.09. The molecule has 0 spiro atoms. The summed E-state index contributed by atoms with van der Waals surface area (Å²) in [6.45, 7) is 5.87. The van der Waals surface area contributed by atoms with Crippen LogP contribution in [0.1, 0.15) is 38.8 Å². The second-order valence-electron chi connectivity index (χ2n) is 6.82. The molecule has 0 unspecified atom stereocenters. The quantitative estimate of drug-likeness (QED) is 0.288. The molecule has 2 aromatic carbocycles. The fraction of sp³-hybridized carbons (Fsp3) is 0.167. The van der Waals surface area contributed by atoms with Crippen molar-refractivity contribution >= 4 is 53.4 Å². The van der Waals surface area contributed by atoms with Crippen LogP contribution in [0.25, 0.3) is 0 Å². The number of aldehydes is 1. The third kappa shape index (κ3) is 6.67. The topological polar surface area (TPSA) is 90.3 Å². The van der Waals surface area contributed by atoms with E-state index in [9.17, 15) is 14.4 Å². The van der Waals surface area contributed by atoms with Gasteiger partial charge >= 0.3 is 0 Å². The van der Waals surface area contributed by atoms with Crippen molar-refractivity contribution < 1.29 is 14.4 Å². The Morgan fingerprint density at radius 1 is 1.22 bits per heavy atom. The Hall–Kier alpha value is -3.16. The number of likely N-dealkylation sites (N-methyl/N-ethyl adjacent to an activating group) is 1. The smallest absolute Gasteiger partial charge is 0.261 e. The zero-order chi connectivity index (χ0) is 23.7. The number of hydrogen-bond donors (Lipinski definition) is 2. The highest BCUT2D eigenvalue weighted by atomic mass is 35.5. The number of halogens is 1. The molecular formula is C24H24ClN3O3S. The summed E-state index contributed by atoms with van der Waals surface area (Å²) in [5.74, 6) is -0.839. The number of anilines is 1. The zero-order valence-corrected chi connectivity index (χ0v) is 19.4. The molecule has 0 fully saturated rings. The van der Waals surface area contributed by atoms with Crippen LogP contribution in [-0.2, 0) is 11.2 Å². The number of benzene rings is 2. The van der Waals surface area contributed by atoms with Crippen LogP contribution in [0.15, 0.2) is 64.4 Å². The summed E-state index contributed by atoms with van der Waals surface area (Å²) < 4.78 is 0.402. The fourth-order valence-electron chi connectivity index (χ4n) is 2.79. The van der Waals surface area contributed by atoms with E-state index >= 15 is 0 Å². The van der Waals surface area contributed by atoms with Gasteiger partial charge in [-0.2, -0.15) is 0 Å². The molecule has 0 aromatic heterocycles. The molecule has 0 aliphatic heterocycles. The second kappa shape index (κ2) is 12.0. The first kappa shape index (κ1) is 25.1. The lowest BCUT2D eigenvalue weighted by Gasteiger charge is -2.19. The van der Waals surface area contributed by atoms with Crippen LogP contribution >= 0.6 is 23.4 Å². The molecule has 2 amide bonds. The minimum Gasteiger partial charge on any atom is -0.341 e. The summed E-state index contributed by atoms with van der Waals surface area (Å²) in [5, 5.41) is 9.88. The van der Waals surface area contributed by atoms with E-state index < -0.39 is 5.91 Å². The Morgan fingerprint density at radius 2 is 1.91 bits per heavy atom. The van der Waals surface area contributed by atoms with Gasteiger partial charge in [0.2, 0.25) is 0 Å². The first-order valence-corrected chi connectivity index (χ1v) is 10.9. The maximum absolute atomic E-state index is 13.0. The highest BCUT2D eigenvalue weighted by Crippen LogP contribution is 2.28. The molecule has 166 valence electrons. The maximum atomic E-state index is 13.0. The van der Waals surface area contributed by atoms with Crippen LogP contribution in [0.4, 0.5) is 5.69 Å². The van der Waals surface area contributed by atoms with E-state index in [4.69, 9.17) is 17.0 Å². The monoisotopic (exact) mass is 469 g/mol. The lowest BCUT2D eigenvalue weighted by molar-refractivity contribution is -0.112. The lowest BCUT2D eigenvalue weighted by atomic mass is 10.0. The van der Waals surface area contributed by atoms with Gasteiger partial charge < -0.3 is 15.6 Å². The van der Waals surface area contributed by atoms with Gasteiger partial charge in [-0.1, -0.05) is 66.3 Å². The summed E-state index contributed by atoms with van der Waals surface area (Å²) in [4.78, 5) is 38.9. The molecule has 32 heavy (non-hydrogen) atoms. The van der Waals surface area contributed by atoms with Crippen LogP contribution < -0.4 is 5.32 Å². The molecule has 0 aliphatic rings. The fourth-order valence-corrected chi connectivity index (χ4v) is 3.56. The molecule has 0 atom stereocenters. The Bertz CT molecular complexity index is 1060. The minimum absolute atomic E-state index is 0.1000. The maximum Gasteiger partial charge on any atom is 0.261 e. The number of carbonyl (C=O) groups is 3. The van der Waals surface area contributed by atoms with Crippen molar-refractivity contribution in [3.63, 3.8) is 0 Å². The van der Waals surface area contributed by atoms with Gasteiger partial charge in [0, 0.05) is 19.8 Å². The molecule has 0 saturated heterocycles. The van der Waals surface area contributed by atoms with E-state index in [1.54, 1.807) is 38.2 Å².